The molecule has 1 amide bonds. The van der Waals surface area contributed by atoms with Gasteiger partial charge in [-0.1, -0.05) is 18.7 Å². The van der Waals surface area contributed by atoms with E-state index in [1.807, 2.05) is 36.1 Å². The van der Waals surface area contributed by atoms with E-state index in [4.69, 9.17) is 0 Å². The van der Waals surface area contributed by atoms with Crippen molar-refractivity contribution in [3.8, 4) is 0 Å². The van der Waals surface area contributed by atoms with Crippen LogP contribution < -0.4 is 20.7 Å². The van der Waals surface area contributed by atoms with Crippen LogP contribution in [0.15, 0.2) is 47.9 Å². The number of benzene rings is 1. The standard InChI is InChI=1S/C23H24N6O2/c1-4-19(30)29-11-10-28(17-7-5-6-14(2)20(17)29)18-12-15-13-24-23(25-16-8-9-16)26-21(15)27(3)22(18)31/h4-7,12-13,16H,1,8-11H2,2-3H3,(H,24,25,26). The van der Waals surface area contributed by atoms with Crippen molar-refractivity contribution in [3.63, 3.8) is 0 Å². The summed E-state index contributed by atoms with van der Waals surface area (Å²) in [6.07, 6.45) is 5.33. The number of amides is 1. The monoisotopic (exact) mass is 416 g/mol. The second kappa shape index (κ2) is 7.23. The maximum atomic E-state index is 13.3. The third kappa shape index (κ3) is 3.24. The van der Waals surface area contributed by atoms with Crippen LogP contribution >= 0.6 is 0 Å². The Morgan fingerprint density at radius 1 is 1.26 bits per heavy atom. The first-order valence-electron chi connectivity index (χ1n) is 10.4. The van der Waals surface area contributed by atoms with Crippen LogP contribution in [0.25, 0.3) is 11.0 Å². The zero-order valence-corrected chi connectivity index (χ0v) is 17.6. The number of nitrogens with zero attached hydrogens (tertiary/aromatic N) is 5. The van der Waals surface area contributed by atoms with Gasteiger partial charge in [-0.05, 0) is 43.5 Å². The first-order chi connectivity index (χ1) is 15.0. The number of para-hydroxylation sites is 1. The summed E-state index contributed by atoms with van der Waals surface area (Å²) in [6.45, 7) is 6.55. The Hall–Kier alpha value is -3.68. The highest BCUT2D eigenvalue weighted by atomic mass is 16.2. The average Bonchev–Trinajstić information content (AvgIpc) is 3.59. The van der Waals surface area contributed by atoms with Crippen molar-refractivity contribution in [2.24, 2.45) is 7.05 Å². The highest BCUT2D eigenvalue weighted by Gasteiger charge is 2.29. The molecule has 8 nitrogen and oxygen atoms in total. The molecule has 1 aliphatic carbocycles. The van der Waals surface area contributed by atoms with E-state index in [1.165, 1.54) is 6.08 Å². The van der Waals surface area contributed by atoms with Crippen molar-refractivity contribution >= 4 is 40.0 Å². The van der Waals surface area contributed by atoms with Gasteiger partial charge in [0.1, 0.15) is 11.3 Å². The van der Waals surface area contributed by atoms with Crippen molar-refractivity contribution in [1.82, 2.24) is 14.5 Å². The van der Waals surface area contributed by atoms with E-state index in [2.05, 4.69) is 21.9 Å². The molecule has 0 atom stereocenters. The van der Waals surface area contributed by atoms with Crippen molar-refractivity contribution in [2.75, 3.05) is 28.2 Å². The number of fused-ring (bicyclic) bond motifs is 2. The molecule has 0 bridgehead atoms. The summed E-state index contributed by atoms with van der Waals surface area (Å²) in [6, 6.07) is 8.12. The molecule has 1 aromatic carbocycles. The van der Waals surface area contributed by atoms with Crippen LogP contribution in [0.1, 0.15) is 18.4 Å². The lowest BCUT2D eigenvalue weighted by molar-refractivity contribution is -0.114. The van der Waals surface area contributed by atoms with Crippen molar-refractivity contribution in [1.29, 1.82) is 0 Å². The maximum Gasteiger partial charge on any atom is 0.275 e. The second-order valence-electron chi connectivity index (χ2n) is 8.07. The van der Waals surface area contributed by atoms with Crippen LogP contribution in [0.4, 0.5) is 23.0 Å². The number of anilines is 4. The smallest absolute Gasteiger partial charge is 0.275 e. The van der Waals surface area contributed by atoms with Gasteiger partial charge in [0.05, 0.1) is 11.4 Å². The van der Waals surface area contributed by atoms with Crippen LogP contribution in [0.3, 0.4) is 0 Å². The average molecular weight is 416 g/mol. The zero-order valence-electron chi connectivity index (χ0n) is 17.6. The van der Waals surface area contributed by atoms with Crippen LogP contribution in [0.2, 0.25) is 0 Å². The summed E-state index contributed by atoms with van der Waals surface area (Å²) >= 11 is 0. The molecule has 1 aliphatic heterocycles. The minimum absolute atomic E-state index is 0.139. The zero-order chi connectivity index (χ0) is 21.7. The topological polar surface area (TPSA) is 83.4 Å². The molecule has 0 radical (unpaired) electrons. The number of rotatable bonds is 4. The molecular formula is C23H24N6O2. The Morgan fingerprint density at radius 2 is 2.06 bits per heavy atom. The minimum atomic E-state index is -0.147. The maximum absolute atomic E-state index is 13.3. The van der Waals surface area contributed by atoms with E-state index in [0.29, 0.717) is 36.4 Å². The Balaban J connectivity index is 1.63. The Bertz CT molecular complexity index is 1280. The molecule has 2 aliphatic rings. The van der Waals surface area contributed by atoms with E-state index in [1.54, 1.807) is 22.7 Å². The molecule has 1 fully saturated rings. The molecule has 5 rings (SSSR count). The van der Waals surface area contributed by atoms with Crippen LogP contribution in [0, 0.1) is 6.92 Å². The van der Waals surface area contributed by atoms with Crippen LogP contribution in [0.5, 0.6) is 0 Å². The third-order valence-electron chi connectivity index (χ3n) is 5.90. The molecule has 1 N–H and O–H groups in total. The molecule has 0 unspecified atom stereocenters. The van der Waals surface area contributed by atoms with Crippen molar-refractivity contribution < 1.29 is 4.79 Å². The molecule has 3 aromatic rings. The molecule has 2 aromatic heterocycles. The minimum Gasteiger partial charge on any atom is -0.351 e. The van der Waals surface area contributed by atoms with Crippen LogP contribution in [-0.2, 0) is 11.8 Å². The number of carbonyl (C=O) groups is 1. The summed E-state index contributed by atoms with van der Waals surface area (Å²) in [5, 5.41) is 4.07. The fourth-order valence-corrected chi connectivity index (χ4v) is 4.13. The van der Waals surface area contributed by atoms with E-state index in [9.17, 15) is 9.59 Å². The summed E-state index contributed by atoms with van der Waals surface area (Å²) in [4.78, 5) is 38.5. The summed E-state index contributed by atoms with van der Waals surface area (Å²) < 4.78 is 1.57. The third-order valence-corrected chi connectivity index (χ3v) is 5.90. The van der Waals surface area contributed by atoms with Gasteiger partial charge in [-0.15, -0.1) is 0 Å². The lowest BCUT2D eigenvalue weighted by Gasteiger charge is -2.38. The van der Waals surface area contributed by atoms with Crippen molar-refractivity contribution in [2.45, 2.75) is 25.8 Å². The molecule has 158 valence electrons. The summed E-state index contributed by atoms with van der Waals surface area (Å²) in [7, 11) is 1.73. The van der Waals surface area contributed by atoms with Gasteiger partial charge in [0.25, 0.3) is 11.5 Å². The fourth-order valence-electron chi connectivity index (χ4n) is 4.13. The molecule has 0 saturated heterocycles. The lowest BCUT2D eigenvalue weighted by Crippen LogP contribution is -2.43. The largest absolute Gasteiger partial charge is 0.351 e. The lowest BCUT2D eigenvalue weighted by atomic mass is 10.1. The number of hydrogen-bond donors (Lipinski definition) is 1. The molecule has 31 heavy (non-hydrogen) atoms. The SMILES string of the molecule is C=CC(=O)N1CCN(c2cc3cnc(NC4CC4)nc3n(C)c2=O)c2cccc(C)c21. The van der Waals surface area contributed by atoms with Gasteiger partial charge in [0.15, 0.2) is 0 Å². The van der Waals surface area contributed by atoms with Gasteiger partial charge < -0.3 is 15.1 Å². The van der Waals surface area contributed by atoms with E-state index in [0.717, 1.165) is 35.2 Å². The first-order valence-corrected chi connectivity index (χ1v) is 10.4. The number of hydrogen-bond acceptors (Lipinski definition) is 6. The highest BCUT2D eigenvalue weighted by molar-refractivity contribution is 6.05. The predicted molar refractivity (Wildman–Crippen MR) is 122 cm³/mol. The first kappa shape index (κ1) is 19.3. The Morgan fingerprint density at radius 3 is 2.81 bits per heavy atom. The quantitative estimate of drug-likeness (QED) is 0.659. The molecule has 3 heterocycles. The number of carbonyl (C=O) groups excluding carboxylic acids is 1. The second-order valence-corrected chi connectivity index (χ2v) is 8.07. The molecular weight excluding hydrogens is 392 g/mol. The number of pyridine rings is 1. The summed E-state index contributed by atoms with van der Waals surface area (Å²) in [5.74, 6) is 0.404. The molecule has 8 heteroatoms. The van der Waals surface area contributed by atoms with Crippen molar-refractivity contribution in [3.05, 3.63) is 59.0 Å². The Kier molecular flexibility index (Phi) is 4.50. The normalized spacial score (nSPS) is 15.7. The van der Waals surface area contributed by atoms with E-state index < -0.39 is 0 Å². The summed E-state index contributed by atoms with van der Waals surface area (Å²) in [5.41, 5.74) is 3.59. The van der Waals surface area contributed by atoms with Gasteiger partial charge in [-0.2, -0.15) is 4.98 Å². The van der Waals surface area contributed by atoms with Gasteiger partial charge >= 0.3 is 0 Å². The van der Waals surface area contributed by atoms with E-state index >= 15 is 0 Å². The van der Waals surface area contributed by atoms with Gasteiger partial charge in [-0.3, -0.25) is 14.2 Å². The Labute approximate surface area is 179 Å². The van der Waals surface area contributed by atoms with E-state index in [-0.39, 0.29) is 11.5 Å². The molecule has 1 saturated carbocycles. The number of aryl methyl sites for hydroxylation is 2. The highest BCUT2D eigenvalue weighted by Crippen LogP contribution is 2.39. The van der Waals surface area contributed by atoms with Gasteiger partial charge in [-0.25, -0.2) is 4.98 Å². The van der Waals surface area contributed by atoms with Gasteiger partial charge in [0.2, 0.25) is 5.95 Å². The number of nitrogens with one attached hydrogen (secondary N) is 1. The van der Waals surface area contributed by atoms with Crippen LogP contribution in [-0.4, -0.2) is 39.6 Å². The predicted octanol–water partition coefficient (Wildman–Crippen LogP) is 2.88. The molecule has 0 spiro atoms. The number of aromatic nitrogens is 3. The van der Waals surface area contributed by atoms with Gasteiger partial charge in [0, 0.05) is 37.8 Å². The fraction of sp³-hybridized carbons (Fsp3) is 0.304.